The van der Waals surface area contributed by atoms with E-state index in [1.165, 1.54) is 11.1 Å². The molecule has 3 N–H and O–H groups in total. The van der Waals surface area contributed by atoms with Gasteiger partial charge in [0.05, 0.1) is 6.10 Å². The first-order valence-corrected chi connectivity index (χ1v) is 7.33. The van der Waals surface area contributed by atoms with Gasteiger partial charge in [-0.15, -0.1) is 0 Å². The van der Waals surface area contributed by atoms with Crippen LogP contribution in [0.25, 0.3) is 0 Å². The van der Waals surface area contributed by atoms with Crippen molar-refractivity contribution >= 4 is 6.03 Å². The van der Waals surface area contributed by atoms with Gasteiger partial charge in [-0.2, -0.15) is 0 Å². The lowest BCUT2D eigenvalue weighted by Gasteiger charge is -2.26. The topological polar surface area (TPSA) is 61.4 Å². The summed E-state index contributed by atoms with van der Waals surface area (Å²) < 4.78 is 0. The number of carbonyl (C=O) groups excluding carboxylic acids is 1. The molecule has 0 aliphatic heterocycles. The van der Waals surface area contributed by atoms with E-state index in [0.29, 0.717) is 6.54 Å². The number of benzene rings is 1. The van der Waals surface area contributed by atoms with E-state index >= 15 is 0 Å². The van der Waals surface area contributed by atoms with Gasteiger partial charge in [-0.3, -0.25) is 0 Å². The molecular weight excluding hydrogens is 252 g/mol. The van der Waals surface area contributed by atoms with Crippen LogP contribution in [0.2, 0.25) is 0 Å². The van der Waals surface area contributed by atoms with Gasteiger partial charge in [0, 0.05) is 12.6 Å². The Labute approximate surface area is 120 Å². The number of nitrogens with one attached hydrogen (secondary N) is 2. The van der Waals surface area contributed by atoms with E-state index in [9.17, 15) is 9.90 Å². The number of carbonyl (C=O) groups is 1. The molecule has 0 spiro atoms. The molecule has 2 amide bonds. The molecule has 1 aliphatic rings. The zero-order chi connectivity index (χ0) is 14.5. The first-order valence-electron chi connectivity index (χ1n) is 7.33. The summed E-state index contributed by atoms with van der Waals surface area (Å²) in [5.41, 5.74) is 3.58. The third-order valence-corrected chi connectivity index (χ3v) is 3.97. The molecule has 0 heterocycles. The number of amides is 2. The minimum absolute atomic E-state index is 0.119. The van der Waals surface area contributed by atoms with E-state index in [0.717, 1.165) is 31.2 Å². The van der Waals surface area contributed by atoms with Crippen molar-refractivity contribution in [3.8, 4) is 0 Å². The van der Waals surface area contributed by atoms with Crippen LogP contribution in [0.15, 0.2) is 18.2 Å². The summed E-state index contributed by atoms with van der Waals surface area (Å²) in [7, 11) is 0. The van der Waals surface area contributed by atoms with Crippen molar-refractivity contribution in [2.24, 2.45) is 0 Å². The highest BCUT2D eigenvalue weighted by atomic mass is 16.3. The fourth-order valence-corrected chi connectivity index (χ4v) is 2.68. The van der Waals surface area contributed by atoms with Crippen LogP contribution >= 0.6 is 0 Å². The van der Waals surface area contributed by atoms with E-state index in [4.69, 9.17) is 0 Å². The van der Waals surface area contributed by atoms with Gasteiger partial charge in [-0.1, -0.05) is 23.8 Å². The number of aliphatic hydroxyl groups excluding tert-OH is 1. The van der Waals surface area contributed by atoms with Crippen molar-refractivity contribution in [2.45, 2.75) is 58.2 Å². The standard InChI is InChI=1S/C16H24N2O2/c1-11-3-4-13(12(2)9-11)10-17-16(20)18-14-5-7-15(19)8-6-14/h3-4,9,14-15,19H,5-8,10H2,1-2H3,(H2,17,18,20). The van der Waals surface area contributed by atoms with E-state index in [1.807, 2.05) is 0 Å². The third kappa shape index (κ3) is 4.23. The fraction of sp³-hybridized carbons (Fsp3) is 0.562. The van der Waals surface area contributed by atoms with Crippen molar-refractivity contribution in [2.75, 3.05) is 0 Å². The van der Waals surface area contributed by atoms with Gasteiger partial charge >= 0.3 is 6.03 Å². The van der Waals surface area contributed by atoms with Crippen LogP contribution in [-0.4, -0.2) is 23.3 Å². The number of hydrogen-bond donors (Lipinski definition) is 3. The fourth-order valence-electron chi connectivity index (χ4n) is 2.68. The van der Waals surface area contributed by atoms with Gasteiger partial charge in [0.25, 0.3) is 0 Å². The molecule has 1 aromatic rings. The van der Waals surface area contributed by atoms with Gasteiger partial charge in [0.2, 0.25) is 0 Å². The molecule has 4 nitrogen and oxygen atoms in total. The smallest absolute Gasteiger partial charge is 0.315 e. The summed E-state index contributed by atoms with van der Waals surface area (Å²) in [4.78, 5) is 11.9. The predicted molar refractivity (Wildman–Crippen MR) is 79.6 cm³/mol. The van der Waals surface area contributed by atoms with Crippen LogP contribution in [0.3, 0.4) is 0 Å². The molecule has 1 aromatic carbocycles. The molecule has 0 aromatic heterocycles. The Morgan fingerprint density at radius 2 is 1.95 bits per heavy atom. The highest BCUT2D eigenvalue weighted by molar-refractivity contribution is 5.74. The predicted octanol–water partition coefficient (Wildman–Crippen LogP) is 2.41. The van der Waals surface area contributed by atoms with Gasteiger partial charge in [-0.25, -0.2) is 4.79 Å². The Hall–Kier alpha value is -1.55. The summed E-state index contributed by atoms with van der Waals surface area (Å²) in [6.07, 6.45) is 3.09. The Kier molecular flexibility index (Phi) is 5.01. The molecule has 0 unspecified atom stereocenters. The highest BCUT2D eigenvalue weighted by Crippen LogP contribution is 2.18. The second-order valence-electron chi connectivity index (χ2n) is 5.76. The van der Waals surface area contributed by atoms with Gasteiger partial charge in [-0.05, 0) is 50.7 Å². The second kappa shape index (κ2) is 6.75. The monoisotopic (exact) mass is 276 g/mol. The molecule has 1 aliphatic carbocycles. The number of aliphatic hydroxyl groups is 1. The van der Waals surface area contributed by atoms with Crippen LogP contribution in [0, 0.1) is 13.8 Å². The molecule has 0 radical (unpaired) electrons. The number of aryl methyl sites for hydroxylation is 2. The molecular formula is C16H24N2O2. The van der Waals surface area contributed by atoms with E-state index < -0.39 is 0 Å². The van der Waals surface area contributed by atoms with Gasteiger partial charge in [0.15, 0.2) is 0 Å². The van der Waals surface area contributed by atoms with Crippen molar-refractivity contribution in [3.05, 3.63) is 34.9 Å². The van der Waals surface area contributed by atoms with Crippen LogP contribution in [0.5, 0.6) is 0 Å². The lowest BCUT2D eigenvalue weighted by Crippen LogP contribution is -2.43. The van der Waals surface area contributed by atoms with Crippen LogP contribution < -0.4 is 10.6 Å². The van der Waals surface area contributed by atoms with Crippen LogP contribution in [0.4, 0.5) is 4.79 Å². The summed E-state index contributed by atoms with van der Waals surface area (Å²) in [5, 5.41) is 15.3. The molecule has 110 valence electrons. The zero-order valence-corrected chi connectivity index (χ0v) is 12.3. The Morgan fingerprint density at radius 3 is 2.60 bits per heavy atom. The Morgan fingerprint density at radius 1 is 1.25 bits per heavy atom. The van der Waals surface area contributed by atoms with E-state index in [-0.39, 0.29) is 18.2 Å². The molecule has 1 saturated carbocycles. The SMILES string of the molecule is Cc1ccc(CNC(=O)NC2CCC(O)CC2)c(C)c1. The number of rotatable bonds is 3. The lowest BCUT2D eigenvalue weighted by atomic mass is 9.93. The summed E-state index contributed by atoms with van der Waals surface area (Å²) in [5.74, 6) is 0. The maximum Gasteiger partial charge on any atom is 0.315 e. The summed E-state index contributed by atoms with van der Waals surface area (Å²) in [6, 6.07) is 6.31. The normalized spacial score (nSPS) is 22.4. The number of urea groups is 1. The summed E-state index contributed by atoms with van der Waals surface area (Å²) in [6.45, 7) is 4.67. The van der Waals surface area contributed by atoms with Crippen molar-refractivity contribution in [3.63, 3.8) is 0 Å². The second-order valence-corrected chi connectivity index (χ2v) is 5.76. The third-order valence-electron chi connectivity index (χ3n) is 3.97. The molecule has 0 bridgehead atoms. The lowest BCUT2D eigenvalue weighted by molar-refractivity contribution is 0.117. The minimum Gasteiger partial charge on any atom is -0.393 e. The largest absolute Gasteiger partial charge is 0.393 e. The van der Waals surface area contributed by atoms with E-state index in [1.54, 1.807) is 0 Å². The van der Waals surface area contributed by atoms with E-state index in [2.05, 4.69) is 42.7 Å². The quantitative estimate of drug-likeness (QED) is 0.794. The molecule has 0 saturated heterocycles. The van der Waals surface area contributed by atoms with Gasteiger partial charge in [0.1, 0.15) is 0 Å². The average Bonchev–Trinajstić information content (AvgIpc) is 2.40. The maximum atomic E-state index is 11.9. The van der Waals surface area contributed by atoms with Crippen molar-refractivity contribution < 1.29 is 9.90 Å². The molecule has 1 fully saturated rings. The van der Waals surface area contributed by atoms with Crippen molar-refractivity contribution in [1.29, 1.82) is 0 Å². The Balaban J connectivity index is 1.77. The molecule has 4 heteroatoms. The minimum atomic E-state index is -0.189. The molecule has 2 rings (SSSR count). The first kappa shape index (κ1) is 14.9. The van der Waals surface area contributed by atoms with Crippen LogP contribution in [-0.2, 0) is 6.54 Å². The average molecular weight is 276 g/mol. The maximum absolute atomic E-state index is 11.9. The van der Waals surface area contributed by atoms with Crippen LogP contribution in [0.1, 0.15) is 42.4 Å². The number of hydrogen-bond acceptors (Lipinski definition) is 2. The van der Waals surface area contributed by atoms with Crippen molar-refractivity contribution in [1.82, 2.24) is 10.6 Å². The molecule has 20 heavy (non-hydrogen) atoms. The highest BCUT2D eigenvalue weighted by Gasteiger charge is 2.20. The first-order chi connectivity index (χ1) is 9.54. The molecule has 0 atom stereocenters. The van der Waals surface area contributed by atoms with Gasteiger partial charge < -0.3 is 15.7 Å². The summed E-state index contributed by atoms with van der Waals surface area (Å²) >= 11 is 0. The zero-order valence-electron chi connectivity index (χ0n) is 12.3. The Bertz CT molecular complexity index is 466.